The van der Waals surface area contributed by atoms with E-state index in [1.165, 1.54) is 18.2 Å². The van der Waals surface area contributed by atoms with Crippen LogP contribution in [0, 0.1) is 23.0 Å². The van der Waals surface area contributed by atoms with Crippen molar-refractivity contribution in [2.24, 2.45) is 11.3 Å². The summed E-state index contributed by atoms with van der Waals surface area (Å²) in [5.74, 6) is -0.624. The van der Waals surface area contributed by atoms with Gasteiger partial charge >= 0.3 is 0 Å². The predicted octanol–water partition coefficient (Wildman–Crippen LogP) is 4.16. The van der Waals surface area contributed by atoms with E-state index in [0.717, 1.165) is 6.42 Å². The molecule has 0 spiro atoms. The molecule has 3 heteroatoms. The van der Waals surface area contributed by atoms with Crippen LogP contribution in [0.2, 0.25) is 0 Å². The van der Waals surface area contributed by atoms with E-state index in [2.05, 4.69) is 13.8 Å². The summed E-state index contributed by atoms with van der Waals surface area (Å²) in [7, 11) is 0. The summed E-state index contributed by atoms with van der Waals surface area (Å²) in [6.45, 7) is 4.26. The van der Waals surface area contributed by atoms with Crippen LogP contribution < -0.4 is 0 Å². The fraction of sp³-hybridized carbons (Fsp3) is 0.538. The highest BCUT2D eigenvalue weighted by atomic mass is 35.5. The van der Waals surface area contributed by atoms with Crippen LogP contribution in [-0.2, 0) is 6.42 Å². The van der Waals surface area contributed by atoms with Gasteiger partial charge in [-0.3, -0.25) is 0 Å². The van der Waals surface area contributed by atoms with E-state index < -0.39 is 11.6 Å². The van der Waals surface area contributed by atoms with Gasteiger partial charge in [0.2, 0.25) is 0 Å². The number of hydrogen-bond acceptors (Lipinski definition) is 0. The molecule has 0 saturated heterocycles. The zero-order valence-corrected chi connectivity index (χ0v) is 10.2. The Balaban J connectivity index is 2.10. The van der Waals surface area contributed by atoms with Crippen LogP contribution in [0.5, 0.6) is 0 Å². The molecule has 0 nitrogen and oxygen atoms in total. The first-order valence-corrected chi connectivity index (χ1v) is 5.92. The monoisotopic (exact) mass is 244 g/mol. The van der Waals surface area contributed by atoms with Gasteiger partial charge in [-0.15, -0.1) is 11.6 Å². The second-order valence-corrected chi connectivity index (χ2v) is 5.78. The molecular weight excluding hydrogens is 230 g/mol. The molecule has 1 fully saturated rings. The summed E-state index contributed by atoms with van der Waals surface area (Å²) in [4.78, 5) is 0. The van der Waals surface area contributed by atoms with Crippen LogP contribution in [0.25, 0.3) is 0 Å². The van der Waals surface area contributed by atoms with Crippen LogP contribution >= 0.6 is 11.6 Å². The minimum Gasteiger partial charge on any atom is -0.207 e. The van der Waals surface area contributed by atoms with Crippen molar-refractivity contribution in [1.82, 2.24) is 0 Å². The number of hydrogen-bond donors (Lipinski definition) is 0. The van der Waals surface area contributed by atoms with Crippen LogP contribution in [-0.4, -0.2) is 5.38 Å². The van der Waals surface area contributed by atoms with Crippen molar-refractivity contribution < 1.29 is 8.78 Å². The Morgan fingerprint density at radius 3 is 2.31 bits per heavy atom. The van der Waals surface area contributed by atoms with Gasteiger partial charge in [0.15, 0.2) is 0 Å². The molecule has 0 aromatic heterocycles. The fourth-order valence-corrected chi connectivity index (χ4v) is 2.77. The van der Waals surface area contributed by atoms with Gasteiger partial charge in [-0.25, -0.2) is 8.78 Å². The van der Waals surface area contributed by atoms with Gasteiger partial charge in [0.1, 0.15) is 11.6 Å². The maximum Gasteiger partial charge on any atom is 0.129 e. The lowest BCUT2D eigenvalue weighted by atomic mass is 10.0. The van der Waals surface area contributed by atoms with Crippen molar-refractivity contribution in [1.29, 1.82) is 0 Å². The SMILES string of the molecule is CC1(C)CC1C(Cl)Cc1c(F)cccc1F. The summed E-state index contributed by atoms with van der Waals surface area (Å²) in [6.07, 6.45) is 1.31. The van der Waals surface area contributed by atoms with E-state index in [4.69, 9.17) is 11.6 Å². The summed E-state index contributed by atoms with van der Waals surface area (Å²) in [5, 5.41) is -0.179. The molecule has 16 heavy (non-hydrogen) atoms. The Labute approximate surface area is 99.6 Å². The number of alkyl halides is 1. The minimum atomic E-state index is -0.496. The van der Waals surface area contributed by atoms with E-state index in [0.29, 0.717) is 5.92 Å². The number of halogens is 3. The highest BCUT2D eigenvalue weighted by Crippen LogP contribution is 2.55. The number of rotatable bonds is 3. The van der Waals surface area contributed by atoms with Crippen LogP contribution in [0.1, 0.15) is 25.8 Å². The first-order chi connectivity index (χ1) is 7.42. The molecule has 2 atom stereocenters. The van der Waals surface area contributed by atoms with Gasteiger partial charge in [0.25, 0.3) is 0 Å². The molecule has 0 amide bonds. The third-order valence-corrected chi connectivity index (χ3v) is 3.95. The molecule has 0 heterocycles. The van der Waals surface area contributed by atoms with Crippen LogP contribution in [0.4, 0.5) is 8.78 Å². The first-order valence-electron chi connectivity index (χ1n) is 5.49. The Morgan fingerprint density at radius 2 is 1.88 bits per heavy atom. The summed E-state index contributed by atoms with van der Waals surface area (Å²) in [6, 6.07) is 3.93. The molecule has 1 aliphatic carbocycles. The molecule has 0 bridgehead atoms. The Kier molecular flexibility index (Phi) is 2.95. The molecule has 1 aromatic carbocycles. The van der Waals surface area contributed by atoms with E-state index >= 15 is 0 Å². The van der Waals surface area contributed by atoms with E-state index in [9.17, 15) is 8.78 Å². The second kappa shape index (κ2) is 3.99. The molecule has 2 unspecified atom stereocenters. The van der Waals surface area contributed by atoms with Gasteiger partial charge in [-0.05, 0) is 36.3 Å². The van der Waals surface area contributed by atoms with Crippen molar-refractivity contribution in [3.63, 3.8) is 0 Å². The zero-order valence-electron chi connectivity index (χ0n) is 9.43. The Hall–Kier alpha value is -0.630. The molecule has 1 aliphatic rings. The highest BCUT2D eigenvalue weighted by molar-refractivity contribution is 6.21. The molecule has 2 rings (SSSR count). The predicted molar refractivity (Wildman–Crippen MR) is 61.6 cm³/mol. The largest absolute Gasteiger partial charge is 0.207 e. The average molecular weight is 245 g/mol. The van der Waals surface area contributed by atoms with Crippen molar-refractivity contribution in [3.8, 4) is 0 Å². The first kappa shape index (κ1) is 11.8. The highest BCUT2D eigenvalue weighted by Gasteiger charge is 2.49. The van der Waals surface area contributed by atoms with E-state index in [1.807, 2.05) is 0 Å². The molecule has 0 radical (unpaired) electrons. The maximum atomic E-state index is 13.4. The smallest absolute Gasteiger partial charge is 0.129 e. The Bertz CT molecular complexity index is 381. The lowest BCUT2D eigenvalue weighted by molar-refractivity contribution is 0.511. The van der Waals surface area contributed by atoms with Gasteiger partial charge in [-0.2, -0.15) is 0 Å². The Morgan fingerprint density at radius 1 is 1.38 bits per heavy atom. The second-order valence-electron chi connectivity index (χ2n) is 5.22. The normalized spacial score (nSPS) is 24.2. The van der Waals surface area contributed by atoms with Gasteiger partial charge in [0.05, 0.1) is 0 Å². The molecule has 88 valence electrons. The van der Waals surface area contributed by atoms with Crippen molar-refractivity contribution in [2.45, 2.75) is 32.1 Å². The lowest BCUT2D eigenvalue weighted by Gasteiger charge is -2.12. The molecule has 0 N–H and O–H groups in total. The van der Waals surface area contributed by atoms with Gasteiger partial charge in [0, 0.05) is 10.9 Å². The lowest BCUT2D eigenvalue weighted by Crippen LogP contribution is -2.12. The molecule has 0 aliphatic heterocycles. The van der Waals surface area contributed by atoms with E-state index in [-0.39, 0.29) is 22.8 Å². The third-order valence-electron chi connectivity index (χ3n) is 3.49. The summed E-state index contributed by atoms with van der Waals surface area (Å²) >= 11 is 6.21. The standard InChI is InChI=1S/C13H15ClF2/c1-13(2)7-9(13)10(14)6-8-11(15)4-3-5-12(8)16/h3-5,9-10H,6-7H2,1-2H3. The fourth-order valence-electron chi connectivity index (χ4n) is 2.19. The van der Waals surface area contributed by atoms with Crippen molar-refractivity contribution >= 4 is 11.6 Å². The molecular formula is C13H15ClF2. The van der Waals surface area contributed by atoms with Gasteiger partial charge in [-0.1, -0.05) is 19.9 Å². The minimum absolute atomic E-state index is 0.116. The summed E-state index contributed by atoms with van der Waals surface area (Å²) < 4.78 is 26.8. The van der Waals surface area contributed by atoms with Crippen LogP contribution in [0.3, 0.4) is 0 Å². The quantitative estimate of drug-likeness (QED) is 0.701. The molecule has 1 saturated carbocycles. The van der Waals surface area contributed by atoms with Crippen LogP contribution in [0.15, 0.2) is 18.2 Å². The van der Waals surface area contributed by atoms with E-state index in [1.54, 1.807) is 0 Å². The summed E-state index contributed by atoms with van der Waals surface area (Å²) in [5.41, 5.74) is 0.346. The third kappa shape index (κ3) is 2.22. The van der Waals surface area contributed by atoms with Gasteiger partial charge < -0.3 is 0 Å². The molecule has 1 aromatic rings. The number of benzene rings is 1. The van der Waals surface area contributed by atoms with Crippen molar-refractivity contribution in [2.75, 3.05) is 0 Å². The topological polar surface area (TPSA) is 0 Å². The zero-order chi connectivity index (χ0) is 11.9. The van der Waals surface area contributed by atoms with Crippen molar-refractivity contribution in [3.05, 3.63) is 35.4 Å². The maximum absolute atomic E-state index is 13.4. The average Bonchev–Trinajstić information content (AvgIpc) is 2.82.